The molecular formula is C23H21N3O4S. The van der Waals surface area contributed by atoms with Gasteiger partial charge in [-0.2, -0.15) is 0 Å². The number of allylic oxidation sites excluding steroid dienone is 2. The van der Waals surface area contributed by atoms with Gasteiger partial charge in [0, 0.05) is 5.92 Å². The van der Waals surface area contributed by atoms with E-state index in [1.54, 1.807) is 23.5 Å². The summed E-state index contributed by atoms with van der Waals surface area (Å²) in [6.07, 6.45) is 4.59. The van der Waals surface area contributed by atoms with Gasteiger partial charge in [-0.05, 0) is 37.1 Å². The van der Waals surface area contributed by atoms with E-state index < -0.39 is 12.0 Å². The average molecular weight is 436 g/mol. The number of carbonyl (C=O) groups is 2. The third-order valence-corrected chi connectivity index (χ3v) is 6.68. The Bertz CT molecular complexity index is 1130. The highest BCUT2D eigenvalue weighted by Crippen LogP contribution is 2.38. The van der Waals surface area contributed by atoms with Crippen LogP contribution in [0.2, 0.25) is 0 Å². The summed E-state index contributed by atoms with van der Waals surface area (Å²) in [5.74, 6) is 0.0807. The van der Waals surface area contributed by atoms with Crippen molar-refractivity contribution in [2.75, 3.05) is 6.61 Å². The largest absolute Gasteiger partial charge is 0.485 e. The lowest BCUT2D eigenvalue weighted by atomic mass is 9.83. The maximum Gasteiger partial charge on any atom is 0.283 e. The van der Waals surface area contributed by atoms with Crippen LogP contribution < -0.4 is 20.3 Å². The van der Waals surface area contributed by atoms with E-state index in [0.717, 1.165) is 21.6 Å². The molecular weight excluding hydrogens is 414 g/mol. The molecule has 3 atom stereocenters. The van der Waals surface area contributed by atoms with Gasteiger partial charge in [0.2, 0.25) is 12.0 Å². The number of hydrazine groups is 1. The zero-order valence-corrected chi connectivity index (χ0v) is 17.4. The number of rotatable bonds is 3. The predicted octanol–water partition coefficient (Wildman–Crippen LogP) is 3.33. The quantitative estimate of drug-likeness (QED) is 0.487. The first-order valence-corrected chi connectivity index (χ1v) is 11.0. The number of para-hydroxylation sites is 3. The molecule has 0 bridgehead atoms. The summed E-state index contributed by atoms with van der Waals surface area (Å²) in [5.41, 5.74) is 6.01. The standard InChI is InChI=1S/C23H21N3O4S/c27-21(25-26-22(28)19-13-29-17-10-4-5-11-18(17)30-19)14-7-1-2-8-15(14)23-24-16-9-3-6-12-20(16)31-23/h1-6,9-12,14-15,19H,7-8,13H2,(H,25,27)(H,26,28). The minimum Gasteiger partial charge on any atom is -0.485 e. The Balaban J connectivity index is 1.24. The highest BCUT2D eigenvalue weighted by molar-refractivity contribution is 7.18. The third-order valence-electron chi connectivity index (χ3n) is 5.51. The number of hydrogen-bond acceptors (Lipinski definition) is 6. The molecule has 2 amide bonds. The minimum absolute atomic E-state index is 0.0274. The topological polar surface area (TPSA) is 89.6 Å². The molecule has 0 spiro atoms. The molecule has 7 nitrogen and oxygen atoms in total. The van der Waals surface area contributed by atoms with Crippen LogP contribution in [0.5, 0.6) is 11.5 Å². The van der Waals surface area contributed by atoms with Crippen LogP contribution in [0.3, 0.4) is 0 Å². The second kappa shape index (κ2) is 8.39. The lowest BCUT2D eigenvalue weighted by Gasteiger charge is -2.27. The Kier molecular flexibility index (Phi) is 5.30. The van der Waals surface area contributed by atoms with E-state index in [1.807, 2.05) is 42.5 Å². The smallest absolute Gasteiger partial charge is 0.283 e. The van der Waals surface area contributed by atoms with E-state index in [4.69, 9.17) is 14.5 Å². The van der Waals surface area contributed by atoms with E-state index in [1.165, 1.54) is 0 Å². The summed E-state index contributed by atoms with van der Waals surface area (Å²) >= 11 is 1.62. The van der Waals surface area contributed by atoms with Crippen LogP contribution in [-0.2, 0) is 9.59 Å². The number of thiazole rings is 1. The molecule has 2 aromatic carbocycles. The second-order valence-corrected chi connectivity index (χ2v) is 8.58. The SMILES string of the molecule is O=C(NNC(=O)C1CC=CCC1c1nc2ccccc2s1)C1COc2ccccc2O1. The molecule has 0 saturated carbocycles. The molecule has 1 aromatic heterocycles. The van der Waals surface area contributed by atoms with Gasteiger partial charge in [0.15, 0.2) is 11.5 Å². The average Bonchev–Trinajstić information content (AvgIpc) is 3.26. The molecule has 0 saturated heterocycles. The molecule has 1 aliphatic heterocycles. The van der Waals surface area contributed by atoms with Gasteiger partial charge < -0.3 is 9.47 Å². The van der Waals surface area contributed by atoms with Crippen molar-refractivity contribution in [3.05, 3.63) is 65.7 Å². The fourth-order valence-corrected chi connectivity index (χ4v) is 5.02. The monoisotopic (exact) mass is 435 g/mol. The van der Waals surface area contributed by atoms with E-state index in [-0.39, 0.29) is 24.3 Å². The van der Waals surface area contributed by atoms with Gasteiger partial charge in [-0.15, -0.1) is 11.3 Å². The first-order chi connectivity index (χ1) is 15.2. The number of nitrogens with zero attached hydrogens (tertiary/aromatic N) is 1. The highest BCUT2D eigenvalue weighted by Gasteiger charge is 2.33. The Morgan fingerprint density at radius 3 is 2.55 bits per heavy atom. The van der Waals surface area contributed by atoms with Gasteiger partial charge in [-0.25, -0.2) is 4.98 Å². The normalized spacial score (nSPS) is 22.1. The number of carbonyl (C=O) groups excluding carboxylic acids is 2. The molecule has 0 radical (unpaired) electrons. The van der Waals surface area contributed by atoms with Crippen molar-refractivity contribution in [3.8, 4) is 11.5 Å². The Morgan fingerprint density at radius 2 is 1.68 bits per heavy atom. The summed E-state index contributed by atoms with van der Waals surface area (Å²) in [4.78, 5) is 30.2. The maximum atomic E-state index is 12.9. The van der Waals surface area contributed by atoms with Gasteiger partial charge in [-0.1, -0.05) is 36.4 Å². The molecule has 8 heteroatoms. The Morgan fingerprint density at radius 1 is 0.935 bits per heavy atom. The van der Waals surface area contributed by atoms with Crippen LogP contribution >= 0.6 is 11.3 Å². The Hall–Kier alpha value is -3.39. The van der Waals surface area contributed by atoms with Crippen molar-refractivity contribution in [2.24, 2.45) is 5.92 Å². The fourth-order valence-electron chi connectivity index (χ4n) is 3.87. The van der Waals surface area contributed by atoms with Gasteiger partial charge >= 0.3 is 0 Å². The number of nitrogens with one attached hydrogen (secondary N) is 2. The van der Waals surface area contributed by atoms with Crippen LogP contribution in [0.4, 0.5) is 0 Å². The number of fused-ring (bicyclic) bond motifs is 2. The fraction of sp³-hybridized carbons (Fsp3) is 0.261. The number of ether oxygens (including phenoxy) is 2. The van der Waals surface area contributed by atoms with E-state index in [0.29, 0.717) is 17.9 Å². The van der Waals surface area contributed by atoms with Crippen molar-refractivity contribution < 1.29 is 19.1 Å². The minimum atomic E-state index is -0.832. The first-order valence-electron chi connectivity index (χ1n) is 10.2. The van der Waals surface area contributed by atoms with E-state index in [2.05, 4.69) is 16.9 Å². The van der Waals surface area contributed by atoms with Crippen LogP contribution in [0.15, 0.2) is 60.7 Å². The molecule has 0 fully saturated rings. The van der Waals surface area contributed by atoms with Gasteiger partial charge in [0.1, 0.15) is 6.61 Å². The van der Waals surface area contributed by atoms with E-state index >= 15 is 0 Å². The molecule has 158 valence electrons. The molecule has 5 rings (SSSR count). The van der Waals surface area contributed by atoms with E-state index in [9.17, 15) is 9.59 Å². The summed E-state index contributed by atoms with van der Waals surface area (Å²) in [7, 11) is 0. The van der Waals surface area contributed by atoms with Crippen molar-refractivity contribution in [2.45, 2.75) is 24.9 Å². The summed E-state index contributed by atoms with van der Waals surface area (Å²) in [5, 5.41) is 0.942. The number of aromatic nitrogens is 1. The number of hydrogen-bond donors (Lipinski definition) is 2. The summed E-state index contributed by atoms with van der Waals surface area (Å²) in [6.45, 7) is 0.0826. The van der Waals surface area contributed by atoms with Gasteiger partial charge in [0.05, 0.1) is 21.1 Å². The first kappa shape index (κ1) is 19.6. The molecule has 3 unspecified atom stereocenters. The van der Waals surface area contributed by atoms with Gasteiger partial charge in [0.25, 0.3) is 5.91 Å². The number of amides is 2. The number of benzene rings is 2. The van der Waals surface area contributed by atoms with Crippen LogP contribution in [0.1, 0.15) is 23.8 Å². The zero-order valence-electron chi connectivity index (χ0n) is 16.6. The molecule has 3 aromatic rings. The van der Waals surface area contributed by atoms with Crippen LogP contribution in [-0.4, -0.2) is 29.5 Å². The van der Waals surface area contributed by atoms with Crippen LogP contribution in [0, 0.1) is 5.92 Å². The van der Waals surface area contributed by atoms with Crippen LogP contribution in [0.25, 0.3) is 10.2 Å². The highest BCUT2D eigenvalue weighted by atomic mass is 32.1. The predicted molar refractivity (Wildman–Crippen MR) is 117 cm³/mol. The molecule has 2 heterocycles. The molecule has 2 aliphatic rings. The third kappa shape index (κ3) is 3.98. The Labute approximate surface area is 183 Å². The molecule has 2 N–H and O–H groups in total. The molecule has 1 aliphatic carbocycles. The van der Waals surface area contributed by atoms with Crippen molar-refractivity contribution in [1.29, 1.82) is 0 Å². The van der Waals surface area contributed by atoms with Crippen molar-refractivity contribution >= 4 is 33.4 Å². The second-order valence-electron chi connectivity index (χ2n) is 7.52. The molecule has 31 heavy (non-hydrogen) atoms. The zero-order chi connectivity index (χ0) is 21.2. The van der Waals surface area contributed by atoms with Crippen molar-refractivity contribution in [3.63, 3.8) is 0 Å². The lowest BCUT2D eigenvalue weighted by Crippen LogP contribution is -2.52. The summed E-state index contributed by atoms with van der Waals surface area (Å²) in [6, 6.07) is 15.1. The van der Waals surface area contributed by atoms with Gasteiger partial charge in [-0.3, -0.25) is 20.4 Å². The lowest BCUT2D eigenvalue weighted by molar-refractivity contribution is -0.136. The van der Waals surface area contributed by atoms with Crippen molar-refractivity contribution in [1.82, 2.24) is 15.8 Å². The maximum absolute atomic E-state index is 12.9. The summed E-state index contributed by atoms with van der Waals surface area (Å²) < 4.78 is 12.4.